The molecule has 3 rings (SSSR count). The van der Waals surface area contributed by atoms with Crippen molar-refractivity contribution < 1.29 is 5.21 Å². The molecule has 0 aliphatic carbocycles. The van der Waals surface area contributed by atoms with Gasteiger partial charge in [0.05, 0.1) is 15.5 Å². The van der Waals surface area contributed by atoms with Gasteiger partial charge in [-0.15, -0.1) is 0 Å². The molecule has 6 heteroatoms. The number of nitrogens with zero attached hydrogens (tertiary/aromatic N) is 3. The van der Waals surface area contributed by atoms with Gasteiger partial charge in [0.2, 0.25) is 0 Å². The monoisotopic (exact) mass is 378 g/mol. The van der Waals surface area contributed by atoms with Crippen LogP contribution in [0.15, 0.2) is 53.9 Å². The van der Waals surface area contributed by atoms with E-state index in [0.717, 1.165) is 20.0 Å². The van der Waals surface area contributed by atoms with E-state index in [1.54, 1.807) is 6.20 Å². The highest BCUT2D eigenvalue weighted by molar-refractivity contribution is 14.1. The smallest absolute Gasteiger partial charge is 0.170 e. The molecule has 0 saturated carbocycles. The highest BCUT2D eigenvalue weighted by atomic mass is 127. The molecule has 1 heterocycles. The van der Waals surface area contributed by atoms with Gasteiger partial charge in [-0.3, -0.25) is 0 Å². The second kappa shape index (κ2) is 5.12. The minimum Gasteiger partial charge on any atom is -0.409 e. The summed E-state index contributed by atoms with van der Waals surface area (Å²) < 4.78 is 2.88. The lowest BCUT2D eigenvalue weighted by Gasteiger charge is -2.10. The predicted molar refractivity (Wildman–Crippen MR) is 86.3 cm³/mol. The summed E-state index contributed by atoms with van der Waals surface area (Å²) in [5, 5.41) is 18.2. The molecule has 3 aromatic rings. The minimum atomic E-state index is 0.0998. The summed E-state index contributed by atoms with van der Waals surface area (Å²) in [6.07, 6.45) is 3.75. The van der Waals surface area contributed by atoms with Gasteiger partial charge in [-0.1, -0.05) is 29.4 Å². The normalized spacial score (nSPS) is 11.9. The topological polar surface area (TPSA) is 76.4 Å². The third-order valence-electron chi connectivity index (χ3n) is 3.08. The Labute approximate surface area is 128 Å². The van der Waals surface area contributed by atoms with Crippen LogP contribution in [0.3, 0.4) is 0 Å². The average Bonchev–Trinajstić information content (AvgIpc) is 2.91. The number of nitrogens with two attached hydrogens (primary N) is 1. The number of oxime groups is 1. The number of aromatic nitrogens is 2. The van der Waals surface area contributed by atoms with Crippen molar-refractivity contribution in [1.29, 1.82) is 0 Å². The summed E-state index contributed by atoms with van der Waals surface area (Å²) >= 11 is 2.22. The van der Waals surface area contributed by atoms with Crippen molar-refractivity contribution in [3.05, 3.63) is 57.9 Å². The van der Waals surface area contributed by atoms with Crippen molar-refractivity contribution in [2.75, 3.05) is 0 Å². The van der Waals surface area contributed by atoms with Gasteiger partial charge in [0.1, 0.15) is 0 Å². The summed E-state index contributed by atoms with van der Waals surface area (Å²) in [5.41, 5.74) is 7.39. The molecular formula is C14H11IN4O. The maximum Gasteiger partial charge on any atom is 0.170 e. The van der Waals surface area contributed by atoms with E-state index in [1.165, 1.54) is 0 Å². The molecule has 2 aromatic carbocycles. The molecule has 0 unspecified atom stereocenters. The van der Waals surface area contributed by atoms with E-state index >= 15 is 0 Å². The summed E-state index contributed by atoms with van der Waals surface area (Å²) in [6, 6.07) is 11.6. The summed E-state index contributed by atoms with van der Waals surface area (Å²) in [5.74, 6) is 0.0998. The molecule has 3 N–H and O–H groups in total. The molecule has 0 aliphatic rings. The second-order valence-electron chi connectivity index (χ2n) is 4.27. The first-order valence-corrected chi connectivity index (χ1v) is 6.99. The van der Waals surface area contributed by atoms with Gasteiger partial charge >= 0.3 is 0 Å². The van der Waals surface area contributed by atoms with E-state index in [1.807, 2.05) is 47.3 Å². The first kappa shape index (κ1) is 12.9. The van der Waals surface area contributed by atoms with Crippen molar-refractivity contribution in [3.63, 3.8) is 0 Å². The van der Waals surface area contributed by atoms with Crippen molar-refractivity contribution in [3.8, 4) is 5.69 Å². The summed E-state index contributed by atoms with van der Waals surface area (Å²) in [7, 11) is 0. The molecule has 5 nitrogen and oxygen atoms in total. The van der Waals surface area contributed by atoms with Crippen LogP contribution in [0.4, 0.5) is 0 Å². The average molecular weight is 378 g/mol. The van der Waals surface area contributed by atoms with Gasteiger partial charge in [-0.25, -0.2) is 4.68 Å². The van der Waals surface area contributed by atoms with E-state index in [0.29, 0.717) is 5.56 Å². The van der Waals surface area contributed by atoms with E-state index in [4.69, 9.17) is 10.9 Å². The molecule has 0 amide bonds. The van der Waals surface area contributed by atoms with Crippen LogP contribution in [0.5, 0.6) is 0 Å². The number of halogens is 1. The van der Waals surface area contributed by atoms with E-state index < -0.39 is 0 Å². The van der Waals surface area contributed by atoms with Gasteiger partial charge in [0.25, 0.3) is 0 Å². The molecule has 0 fully saturated rings. The van der Waals surface area contributed by atoms with Gasteiger partial charge < -0.3 is 10.9 Å². The Hall–Kier alpha value is -2.09. The molecule has 20 heavy (non-hydrogen) atoms. The molecule has 0 radical (unpaired) electrons. The van der Waals surface area contributed by atoms with Crippen LogP contribution >= 0.6 is 22.6 Å². The van der Waals surface area contributed by atoms with Crippen LogP contribution in [0.2, 0.25) is 0 Å². The van der Waals surface area contributed by atoms with Crippen LogP contribution in [0.1, 0.15) is 5.56 Å². The molecule has 100 valence electrons. The fourth-order valence-electron chi connectivity index (χ4n) is 2.19. The van der Waals surface area contributed by atoms with Crippen molar-refractivity contribution in [1.82, 2.24) is 9.78 Å². The molecular weight excluding hydrogens is 367 g/mol. The Morgan fingerprint density at radius 2 is 1.95 bits per heavy atom. The Morgan fingerprint density at radius 1 is 1.20 bits per heavy atom. The SMILES string of the molecule is N/C(=N/O)c1ccc(-n2cc(I)cn2)c2ccccc12. The van der Waals surface area contributed by atoms with Gasteiger partial charge in [-0.05, 0) is 40.1 Å². The molecule has 0 atom stereocenters. The number of benzene rings is 2. The van der Waals surface area contributed by atoms with Gasteiger partial charge in [-0.2, -0.15) is 5.10 Å². The van der Waals surface area contributed by atoms with Crippen LogP contribution in [-0.4, -0.2) is 20.8 Å². The lowest BCUT2D eigenvalue weighted by Crippen LogP contribution is -2.14. The number of rotatable bonds is 2. The zero-order valence-corrected chi connectivity index (χ0v) is 12.5. The van der Waals surface area contributed by atoms with Crippen molar-refractivity contribution in [2.24, 2.45) is 10.9 Å². The fraction of sp³-hybridized carbons (Fsp3) is 0. The van der Waals surface area contributed by atoms with Gasteiger partial charge in [0.15, 0.2) is 5.84 Å². The molecule has 0 bridgehead atoms. The molecule has 1 aromatic heterocycles. The van der Waals surface area contributed by atoms with Crippen LogP contribution in [0, 0.1) is 3.57 Å². The van der Waals surface area contributed by atoms with E-state index in [-0.39, 0.29) is 5.84 Å². The standard InChI is InChI=1S/C14H11IN4O/c15-9-7-17-19(8-9)13-6-5-12(14(16)18-20)10-3-1-2-4-11(10)13/h1-8,20H,(H2,16,18). The number of hydrogen-bond donors (Lipinski definition) is 2. The largest absolute Gasteiger partial charge is 0.409 e. The lowest BCUT2D eigenvalue weighted by molar-refractivity contribution is 0.318. The van der Waals surface area contributed by atoms with Crippen LogP contribution in [-0.2, 0) is 0 Å². The van der Waals surface area contributed by atoms with Crippen molar-refractivity contribution >= 4 is 39.2 Å². The first-order chi connectivity index (χ1) is 9.70. The third kappa shape index (κ3) is 2.11. The maximum atomic E-state index is 8.88. The van der Waals surface area contributed by atoms with Gasteiger partial charge in [0, 0.05) is 17.1 Å². The zero-order chi connectivity index (χ0) is 14.1. The number of hydrogen-bond acceptors (Lipinski definition) is 3. The minimum absolute atomic E-state index is 0.0998. The zero-order valence-electron chi connectivity index (χ0n) is 10.4. The second-order valence-corrected chi connectivity index (χ2v) is 5.51. The highest BCUT2D eigenvalue weighted by Crippen LogP contribution is 2.25. The molecule has 0 spiro atoms. The van der Waals surface area contributed by atoms with Crippen LogP contribution < -0.4 is 5.73 Å². The quantitative estimate of drug-likeness (QED) is 0.237. The van der Waals surface area contributed by atoms with Crippen molar-refractivity contribution in [2.45, 2.75) is 0 Å². The van der Waals surface area contributed by atoms with Crippen LogP contribution in [0.25, 0.3) is 16.5 Å². The maximum absolute atomic E-state index is 8.88. The lowest BCUT2D eigenvalue weighted by atomic mass is 10.0. The molecule has 0 saturated heterocycles. The Bertz CT molecular complexity index is 810. The Kier molecular flexibility index (Phi) is 3.31. The number of fused-ring (bicyclic) bond motifs is 1. The highest BCUT2D eigenvalue weighted by Gasteiger charge is 2.10. The third-order valence-corrected chi connectivity index (χ3v) is 3.64. The Morgan fingerprint density at radius 3 is 2.60 bits per heavy atom. The first-order valence-electron chi connectivity index (χ1n) is 5.91. The predicted octanol–water partition coefficient (Wildman–Crippen LogP) is 2.72. The fourth-order valence-corrected chi connectivity index (χ4v) is 2.58. The summed E-state index contributed by atoms with van der Waals surface area (Å²) in [4.78, 5) is 0. The summed E-state index contributed by atoms with van der Waals surface area (Å²) in [6.45, 7) is 0. The van der Waals surface area contributed by atoms with E-state index in [2.05, 4.69) is 32.8 Å². The Balaban J connectivity index is 2.32. The number of amidine groups is 1. The molecule has 0 aliphatic heterocycles. The van der Waals surface area contributed by atoms with E-state index in [9.17, 15) is 0 Å².